The number of aromatic nitrogens is 1. The number of nitrogens with zero attached hydrogens (tertiary/aromatic N) is 1. The molecule has 33 heavy (non-hydrogen) atoms. The van der Waals surface area contributed by atoms with Gasteiger partial charge in [-0.1, -0.05) is 6.07 Å². The van der Waals surface area contributed by atoms with Crippen molar-refractivity contribution >= 4 is 40.1 Å². The summed E-state index contributed by atoms with van der Waals surface area (Å²) >= 11 is 1.15. The number of halogens is 3. The lowest BCUT2D eigenvalue weighted by Gasteiger charge is -2.20. The van der Waals surface area contributed by atoms with Gasteiger partial charge in [-0.15, -0.1) is 11.3 Å². The average Bonchev–Trinajstić information content (AvgIpc) is 3.34. The summed E-state index contributed by atoms with van der Waals surface area (Å²) in [6.45, 7) is 4.97. The van der Waals surface area contributed by atoms with Gasteiger partial charge >= 0.3 is 18.2 Å². The number of carbonyl (C=O) groups is 3. The number of fused-ring (bicyclic) bond motifs is 1. The number of hydrogen-bond acceptors (Lipinski definition) is 6. The molecule has 0 aliphatic heterocycles. The maximum Gasteiger partial charge on any atom is 0.419 e. The Labute approximate surface area is 191 Å². The number of carbonyl (C=O) groups excluding carboxylic acids is 3. The minimum Gasteiger partial charge on any atom is -0.469 e. The van der Waals surface area contributed by atoms with Gasteiger partial charge < -0.3 is 9.47 Å². The van der Waals surface area contributed by atoms with Crippen LogP contribution in [-0.4, -0.2) is 35.1 Å². The maximum atomic E-state index is 13.3. The van der Waals surface area contributed by atoms with Crippen molar-refractivity contribution in [2.75, 3.05) is 7.11 Å². The maximum absolute atomic E-state index is 13.3. The fourth-order valence-corrected chi connectivity index (χ4v) is 4.04. The molecule has 0 fully saturated rings. The van der Waals surface area contributed by atoms with Gasteiger partial charge in [-0.25, -0.2) is 4.79 Å². The van der Waals surface area contributed by atoms with Crippen LogP contribution in [-0.2, 0) is 20.4 Å². The zero-order valence-electron chi connectivity index (χ0n) is 18.4. The van der Waals surface area contributed by atoms with E-state index in [0.717, 1.165) is 28.0 Å². The lowest BCUT2D eigenvalue weighted by molar-refractivity contribution is -0.140. The molecule has 3 aromatic rings. The third kappa shape index (κ3) is 5.62. The Hall–Kier alpha value is -3.14. The first-order valence-corrected chi connectivity index (χ1v) is 10.8. The summed E-state index contributed by atoms with van der Waals surface area (Å²) in [4.78, 5) is 36.8. The number of hydrogen-bond donors (Lipinski definition) is 0. The van der Waals surface area contributed by atoms with Crippen molar-refractivity contribution in [3.05, 3.63) is 46.3 Å². The summed E-state index contributed by atoms with van der Waals surface area (Å²) in [5.74, 6) is -0.757. The molecule has 2 heterocycles. The molecule has 2 aromatic heterocycles. The number of ether oxygens (including phenoxy) is 2. The lowest BCUT2D eigenvalue weighted by Crippen LogP contribution is -2.26. The lowest BCUT2D eigenvalue weighted by atomic mass is 10.0. The van der Waals surface area contributed by atoms with Crippen LogP contribution < -0.4 is 0 Å². The van der Waals surface area contributed by atoms with Gasteiger partial charge in [-0.05, 0) is 49.9 Å². The van der Waals surface area contributed by atoms with Gasteiger partial charge in [-0.2, -0.15) is 13.2 Å². The molecule has 0 aliphatic carbocycles. The third-order valence-electron chi connectivity index (χ3n) is 4.69. The highest BCUT2D eigenvalue weighted by molar-refractivity contribution is 7.12. The van der Waals surface area contributed by atoms with Crippen molar-refractivity contribution in [1.29, 1.82) is 0 Å². The fourth-order valence-electron chi connectivity index (χ4n) is 3.16. The van der Waals surface area contributed by atoms with Gasteiger partial charge in [0.2, 0.25) is 0 Å². The SMILES string of the molecule is COC(=O)CCC(=O)c1cc(-c2cn(C(=O)OC(C)(C)C)c3cc(C(F)(F)F)ccc23)cs1. The molecular formula is C23H22F3NO5S. The van der Waals surface area contributed by atoms with Gasteiger partial charge in [0.25, 0.3) is 0 Å². The van der Waals surface area contributed by atoms with Crippen LogP contribution in [0.1, 0.15) is 48.8 Å². The van der Waals surface area contributed by atoms with Crippen molar-refractivity contribution in [3.8, 4) is 11.1 Å². The molecule has 0 atom stereocenters. The molecule has 0 radical (unpaired) electrons. The second-order valence-electron chi connectivity index (χ2n) is 8.32. The smallest absolute Gasteiger partial charge is 0.419 e. The molecule has 0 amide bonds. The average molecular weight is 481 g/mol. The molecule has 0 bridgehead atoms. The van der Waals surface area contributed by atoms with Crippen LogP contribution in [0.3, 0.4) is 0 Å². The van der Waals surface area contributed by atoms with Gasteiger partial charge in [0.1, 0.15) is 5.60 Å². The monoisotopic (exact) mass is 481 g/mol. The van der Waals surface area contributed by atoms with Gasteiger partial charge in [0.15, 0.2) is 5.78 Å². The Balaban J connectivity index is 2.05. The highest BCUT2D eigenvalue weighted by Gasteiger charge is 2.32. The van der Waals surface area contributed by atoms with Crippen molar-refractivity contribution < 1.29 is 37.0 Å². The second kappa shape index (κ2) is 9.01. The summed E-state index contributed by atoms with van der Waals surface area (Å²) in [5.41, 5.74) is -0.662. The largest absolute Gasteiger partial charge is 0.469 e. The third-order valence-corrected chi connectivity index (χ3v) is 5.66. The molecule has 1 aromatic carbocycles. The van der Waals surface area contributed by atoms with E-state index in [1.54, 1.807) is 32.2 Å². The summed E-state index contributed by atoms with van der Waals surface area (Å²) in [6, 6.07) is 4.73. The first-order chi connectivity index (χ1) is 15.3. The van der Waals surface area contributed by atoms with E-state index in [9.17, 15) is 27.6 Å². The molecule has 0 unspecified atom stereocenters. The van der Waals surface area contributed by atoms with Crippen LogP contribution in [0.4, 0.5) is 18.0 Å². The Morgan fingerprint density at radius 2 is 1.76 bits per heavy atom. The standard InChI is InChI=1S/C23H22F3NO5S/c1-22(2,3)32-21(30)27-11-16(15-6-5-14(10-17(15)27)23(24,25)26)13-9-19(33-12-13)18(28)7-8-20(29)31-4/h5-6,9-12H,7-8H2,1-4H3. The Kier molecular flexibility index (Phi) is 6.69. The topological polar surface area (TPSA) is 74.6 Å². The predicted molar refractivity (Wildman–Crippen MR) is 117 cm³/mol. The van der Waals surface area contributed by atoms with Crippen LogP contribution in [0.2, 0.25) is 0 Å². The predicted octanol–water partition coefficient (Wildman–Crippen LogP) is 6.31. The number of methoxy groups -OCH3 is 1. The first-order valence-electron chi connectivity index (χ1n) is 9.95. The Morgan fingerprint density at radius 3 is 2.36 bits per heavy atom. The fraction of sp³-hybridized carbons (Fsp3) is 0.348. The minimum absolute atomic E-state index is 0.0266. The molecule has 6 nitrogen and oxygen atoms in total. The molecule has 0 saturated carbocycles. The number of benzene rings is 1. The molecule has 0 aliphatic rings. The molecule has 0 saturated heterocycles. The van der Waals surface area contributed by atoms with E-state index in [0.29, 0.717) is 21.4 Å². The van der Waals surface area contributed by atoms with E-state index in [1.165, 1.54) is 19.4 Å². The summed E-state index contributed by atoms with van der Waals surface area (Å²) < 4.78 is 50.9. The van der Waals surface area contributed by atoms with Gasteiger partial charge in [0.05, 0.1) is 29.5 Å². The quantitative estimate of drug-likeness (QED) is 0.315. The number of thiophene rings is 1. The minimum atomic E-state index is -4.58. The number of ketones is 1. The number of alkyl halides is 3. The highest BCUT2D eigenvalue weighted by Crippen LogP contribution is 2.38. The van der Waals surface area contributed by atoms with Crippen molar-refractivity contribution in [3.63, 3.8) is 0 Å². The molecule has 0 spiro atoms. The van der Waals surface area contributed by atoms with E-state index in [2.05, 4.69) is 4.74 Å². The summed E-state index contributed by atoms with van der Waals surface area (Å²) in [7, 11) is 1.24. The molecule has 176 valence electrons. The molecule has 0 N–H and O–H groups in total. The van der Waals surface area contributed by atoms with Crippen LogP contribution in [0.25, 0.3) is 22.0 Å². The molecule has 3 rings (SSSR count). The first kappa shape index (κ1) is 24.5. The number of rotatable bonds is 5. The summed E-state index contributed by atoms with van der Waals surface area (Å²) in [5, 5.41) is 2.08. The zero-order valence-corrected chi connectivity index (χ0v) is 19.2. The zero-order chi connectivity index (χ0) is 24.6. The van der Waals surface area contributed by atoms with Crippen LogP contribution in [0.5, 0.6) is 0 Å². The van der Waals surface area contributed by atoms with Crippen molar-refractivity contribution in [1.82, 2.24) is 4.57 Å². The van der Waals surface area contributed by atoms with E-state index >= 15 is 0 Å². The number of Topliss-reactive ketones (excluding diaryl/α,β-unsaturated/α-hetero) is 1. The van der Waals surface area contributed by atoms with Crippen LogP contribution >= 0.6 is 11.3 Å². The van der Waals surface area contributed by atoms with E-state index in [4.69, 9.17) is 4.74 Å². The van der Waals surface area contributed by atoms with Crippen molar-refractivity contribution in [2.45, 2.75) is 45.4 Å². The van der Waals surface area contributed by atoms with Crippen LogP contribution in [0.15, 0.2) is 35.8 Å². The van der Waals surface area contributed by atoms with Crippen molar-refractivity contribution in [2.24, 2.45) is 0 Å². The Bertz CT molecular complexity index is 1220. The Morgan fingerprint density at radius 1 is 1.06 bits per heavy atom. The van der Waals surface area contributed by atoms with E-state index in [1.807, 2.05) is 0 Å². The van der Waals surface area contributed by atoms with Crippen LogP contribution in [0, 0.1) is 0 Å². The van der Waals surface area contributed by atoms with Gasteiger partial charge in [-0.3, -0.25) is 14.2 Å². The molecule has 10 heteroatoms. The van der Waals surface area contributed by atoms with Gasteiger partial charge in [0, 0.05) is 23.6 Å². The normalized spacial score (nSPS) is 12.1. The van der Waals surface area contributed by atoms with E-state index in [-0.39, 0.29) is 24.1 Å². The summed E-state index contributed by atoms with van der Waals surface area (Å²) in [6.07, 6.45) is -4.08. The van der Waals surface area contributed by atoms with E-state index < -0.39 is 29.4 Å². The highest BCUT2D eigenvalue weighted by atomic mass is 32.1. The molecular weight excluding hydrogens is 459 g/mol. The second-order valence-corrected chi connectivity index (χ2v) is 9.23. The number of esters is 1.